The van der Waals surface area contributed by atoms with Crippen LogP contribution in [0.15, 0.2) is 30.5 Å². The van der Waals surface area contributed by atoms with Crippen LogP contribution in [0.5, 0.6) is 0 Å². The number of fused-ring (bicyclic) bond motifs is 1. The fraction of sp³-hybridized carbons (Fsp3) is 0.357. The van der Waals surface area contributed by atoms with E-state index < -0.39 is 0 Å². The van der Waals surface area contributed by atoms with E-state index in [4.69, 9.17) is 0 Å². The van der Waals surface area contributed by atoms with E-state index in [0.29, 0.717) is 0 Å². The van der Waals surface area contributed by atoms with Crippen LogP contribution in [0.3, 0.4) is 0 Å². The molecule has 1 aromatic heterocycles. The number of benzene rings is 1. The van der Waals surface area contributed by atoms with Crippen molar-refractivity contribution >= 4 is 10.9 Å². The molecule has 0 bridgehead atoms. The Hall–Kier alpha value is -1.79. The third kappa shape index (κ3) is 1.45. The monoisotopic (exact) mass is 225 g/mol. The summed E-state index contributed by atoms with van der Waals surface area (Å²) in [6.45, 7) is 0. The minimum atomic E-state index is -0.195. The predicted molar refractivity (Wildman–Crippen MR) is 67.4 cm³/mol. The van der Waals surface area contributed by atoms with E-state index in [0.717, 1.165) is 18.4 Å². The molecule has 1 unspecified atom stereocenters. The maximum atomic E-state index is 9.33. The second-order valence-electron chi connectivity index (χ2n) is 4.78. The predicted octanol–water partition coefficient (Wildman–Crippen LogP) is 2.73. The minimum Gasteiger partial charge on any atom is -0.361 e. The first-order valence-corrected chi connectivity index (χ1v) is 5.95. The highest BCUT2D eigenvalue weighted by Crippen LogP contribution is 2.55. The highest BCUT2D eigenvalue weighted by Gasteiger charge is 2.50. The van der Waals surface area contributed by atoms with E-state index in [2.05, 4.69) is 28.5 Å². The van der Waals surface area contributed by atoms with Crippen molar-refractivity contribution in [3.05, 3.63) is 36.0 Å². The quantitative estimate of drug-likeness (QED) is 0.843. The van der Waals surface area contributed by atoms with Crippen LogP contribution >= 0.6 is 0 Å². The molecule has 1 fully saturated rings. The molecule has 0 saturated heterocycles. The smallest absolute Gasteiger partial charge is 0.0770 e. The summed E-state index contributed by atoms with van der Waals surface area (Å²) in [6, 6.07) is 10.8. The van der Waals surface area contributed by atoms with E-state index in [9.17, 15) is 5.26 Å². The molecule has 0 aliphatic heterocycles. The lowest BCUT2D eigenvalue weighted by Crippen LogP contribution is -2.25. The van der Waals surface area contributed by atoms with E-state index in [1.807, 2.05) is 25.4 Å². The number of aromatic amines is 1. The second-order valence-corrected chi connectivity index (χ2v) is 4.78. The van der Waals surface area contributed by atoms with Gasteiger partial charge in [0.1, 0.15) is 0 Å². The first-order valence-electron chi connectivity index (χ1n) is 5.95. The van der Waals surface area contributed by atoms with Gasteiger partial charge in [0.15, 0.2) is 0 Å². The van der Waals surface area contributed by atoms with Gasteiger partial charge in [-0.2, -0.15) is 5.26 Å². The molecule has 0 amide bonds. The van der Waals surface area contributed by atoms with Gasteiger partial charge < -0.3 is 10.3 Å². The van der Waals surface area contributed by atoms with Crippen molar-refractivity contribution in [2.75, 3.05) is 7.05 Å². The summed E-state index contributed by atoms with van der Waals surface area (Å²) in [7, 11) is 1.93. The average molecular weight is 225 g/mol. The zero-order valence-corrected chi connectivity index (χ0v) is 9.83. The Morgan fingerprint density at radius 3 is 2.82 bits per heavy atom. The van der Waals surface area contributed by atoms with Crippen molar-refractivity contribution in [1.82, 2.24) is 10.3 Å². The molecule has 3 nitrogen and oxygen atoms in total. The van der Waals surface area contributed by atoms with Crippen LogP contribution < -0.4 is 5.32 Å². The molecule has 3 heteroatoms. The van der Waals surface area contributed by atoms with Crippen molar-refractivity contribution in [1.29, 1.82) is 5.26 Å². The van der Waals surface area contributed by atoms with Crippen LogP contribution in [-0.4, -0.2) is 12.0 Å². The van der Waals surface area contributed by atoms with Gasteiger partial charge in [0.25, 0.3) is 0 Å². The molecule has 2 aromatic rings. The molecule has 1 atom stereocenters. The van der Waals surface area contributed by atoms with Crippen LogP contribution in [0.1, 0.15) is 24.4 Å². The van der Waals surface area contributed by atoms with Crippen molar-refractivity contribution in [3.63, 3.8) is 0 Å². The lowest BCUT2D eigenvalue weighted by Gasteiger charge is -2.20. The van der Waals surface area contributed by atoms with Gasteiger partial charge in [-0.05, 0) is 31.5 Å². The topological polar surface area (TPSA) is 51.6 Å². The summed E-state index contributed by atoms with van der Waals surface area (Å²) in [5, 5.41) is 13.9. The van der Waals surface area contributed by atoms with Crippen molar-refractivity contribution in [2.24, 2.45) is 5.41 Å². The molecular weight excluding hydrogens is 210 g/mol. The number of nitriles is 1. The summed E-state index contributed by atoms with van der Waals surface area (Å²) >= 11 is 0. The Labute approximate surface area is 100 Å². The van der Waals surface area contributed by atoms with Crippen LogP contribution in [0.4, 0.5) is 0 Å². The summed E-state index contributed by atoms with van der Waals surface area (Å²) in [5.41, 5.74) is 2.15. The molecule has 86 valence electrons. The summed E-state index contributed by atoms with van der Waals surface area (Å²) < 4.78 is 0. The third-order valence-electron chi connectivity index (χ3n) is 3.78. The van der Waals surface area contributed by atoms with E-state index in [-0.39, 0.29) is 11.5 Å². The summed E-state index contributed by atoms with van der Waals surface area (Å²) in [4.78, 5) is 3.28. The van der Waals surface area contributed by atoms with Crippen LogP contribution in [0.2, 0.25) is 0 Å². The van der Waals surface area contributed by atoms with Crippen molar-refractivity contribution in [2.45, 2.75) is 18.9 Å². The van der Waals surface area contributed by atoms with Gasteiger partial charge in [0.2, 0.25) is 0 Å². The molecule has 1 aliphatic carbocycles. The maximum absolute atomic E-state index is 9.33. The fourth-order valence-corrected chi connectivity index (χ4v) is 2.66. The first kappa shape index (κ1) is 10.4. The van der Waals surface area contributed by atoms with E-state index in [1.54, 1.807) is 0 Å². The summed E-state index contributed by atoms with van der Waals surface area (Å²) in [6.07, 6.45) is 4.02. The van der Waals surface area contributed by atoms with Crippen LogP contribution in [0.25, 0.3) is 10.9 Å². The number of aromatic nitrogens is 1. The number of H-pyrrole nitrogens is 1. The molecule has 1 heterocycles. The van der Waals surface area contributed by atoms with Gasteiger partial charge in [-0.3, -0.25) is 0 Å². The first-order chi connectivity index (χ1) is 8.30. The normalized spacial score (nSPS) is 18.8. The zero-order valence-electron chi connectivity index (χ0n) is 9.83. The van der Waals surface area contributed by atoms with Gasteiger partial charge in [0.05, 0.1) is 17.5 Å². The molecule has 3 rings (SSSR count). The molecular formula is C14H15N3. The second kappa shape index (κ2) is 3.61. The van der Waals surface area contributed by atoms with E-state index >= 15 is 0 Å². The largest absolute Gasteiger partial charge is 0.361 e. The molecule has 0 spiro atoms. The average Bonchev–Trinajstić information content (AvgIpc) is 3.05. The highest BCUT2D eigenvalue weighted by molar-refractivity contribution is 5.83. The van der Waals surface area contributed by atoms with Gasteiger partial charge in [-0.1, -0.05) is 18.2 Å². The highest BCUT2D eigenvalue weighted by atomic mass is 14.9. The van der Waals surface area contributed by atoms with Crippen molar-refractivity contribution in [3.8, 4) is 6.07 Å². The van der Waals surface area contributed by atoms with E-state index in [1.165, 1.54) is 10.9 Å². The van der Waals surface area contributed by atoms with Gasteiger partial charge in [-0.15, -0.1) is 0 Å². The van der Waals surface area contributed by atoms with Crippen LogP contribution in [0, 0.1) is 16.7 Å². The van der Waals surface area contributed by atoms with Crippen molar-refractivity contribution < 1.29 is 0 Å². The van der Waals surface area contributed by atoms with Gasteiger partial charge >= 0.3 is 0 Å². The van der Waals surface area contributed by atoms with Gasteiger partial charge in [0, 0.05) is 17.1 Å². The maximum Gasteiger partial charge on any atom is 0.0770 e. The number of rotatable bonds is 3. The Balaban J connectivity index is 2.11. The number of hydrogen-bond acceptors (Lipinski definition) is 2. The lowest BCUT2D eigenvalue weighted by molar-refractivity contribution is 0.447. The number of nitrogens with one attached hydrogen (secondary N) is 2. The molecule has 17 heavy (non-hydrogen) atoms. The molecule has 1 aromatic carbocycles. The lowest BCUT2D eigenvalue weighted by atomic mass is 9.91. The van der Waals surface area contributed by atoms with Crippen LogP contribution in [-0.2, 0) is 0 Å². The van der Waals surface area contributed by atoms with Gasteiger partial charge in [-0.25, -0.2) is 0 Å². The zero-order chi connectivity index (χ0) is 11.9. The fourth-order valence-electron chi connectivity index (χ4n) is 2.66. The number of nitrogens with zero attached hydrogens (tertiary/aromatic N) is 1. The molecule has 2 N–H and O–H groups in total. The minimum absolute atomic E-state index is 0.128. The third-order valence-corrected chi connectivity index (χ3v) is 3.78. The number of para-hydroxylation sites is 1. The summed E-state index contributed by atoms with van der Waals surface area (Å²) in [5.74, 6) is 0. The SMILES string of the molecule is CNC(c1c[nH]c2ccccc12)C1(C#N)CC1. The molecule has 0 radical (unpaired) electrons. The standard InChI is InChI=1S/C14H15N3/c1-16-13(14(9-15)6-7-14)11-8-17-12-5-3-2-4-10(11)12/h2-5,8,13,16-17H,6-7H2,1H3. The number of hydrogen-bond donors (Lipinski definition) is 2. The molecule has 1 saturated carbocycles. The Morgan fingerprint density at radius 2 is 2.18 bits per heavy atom. The Kier molecular flexibility index (Phi) is 2.20. The molecule has 1 aliphatic rings. The Morgan fingerprint density at radius 1 is 1.41 bits per heavy atom. The Bertz CT molecular complexity index is 587.